The van der Waals surface area contributed by atoms with Gasteiger partial charge in [0.15, 0.2) is 0 Å². The van der Waals surface area contributed by atoms with E-state index in [1.165, 1.54) is 0 Å². The molecule has 6 heteroatoms. The molecule has 1 aliphatic rings. The molecule has 1 fully saturated rings. The second-order valence-electron chi connectivity index (χ2n) is 7.01. The van der Waals surface area contributed by atoms with Crippen molar-refractivity contribution in [3.8, 4) is 0 Å². The van der Waals surface area contributed by atoms with Crippen LogP contribution in [0.15, 0.2) is 18.3 Å². The molecule has 1 saturated heterocycles. The highest BCUT2D eigenvalue weighted by molar-refractivity contribution is 5.95. The van der Waals surface area contributed by atoms with Crippen LogP contribution < -0.4 is 4.90 Å². The van der Waals surface area contributed by atoms with Crippen molar-refractivity contribution in [3.05, 3.63) is 41.0 Å². The maximum absolute atomic E-state index is 12.9. The lowest BCUT2D eigenvalue weighted by molar-refractivity contribution is 0.0790. The quantitative estimate of drug-likeness (QED) is 0.858. The Bertz CT molecular complexity index is 780. The van der Waals surface area contributed by atoms with E-state index in [0.717, 1.165) is 48.8 Å². The number of aryl methyl sites for hydroxylation is 3. The second-order valence-corrected chi connectivity index (χ2v) is 7.01. The van der Waals surface area contributed by atoms with E-state index < -0.39 is 0 Å². The second kappa shape index (κ2) is 6.86. The summed E-state index contributed by atoms with van der Waals surface area (Å²) in [6.45, 7) is 8.22. The van der Waals surface area contributed by atoms with Crippen molar-refractivity contribution in [1.82, 2.24) is 19.7 Å². The van der Waals surface area contributed by atoms with Crippen molar-refractivity contribution in [2.24, 2.45) is 0 Å². The lowest BCUT2D eigenvalue weighted by atomic mass is 10.0. The van der Waals surface area contributed by atoms with Gasteiger partial charge in [-0.15, -0.1) is 0 Å². The van der Waals surface area contributed by atoms with Gasteiger partial charge in [0.25, 0.3) is 5.91 Å². The number of pyridine rings is 1. The Morgan fingerprint density at radius 1 is 1.32 bits per heavy atom. The number of likely N-dealkylation sites (tertiary alicyclic amines) is 1. The SMILES string of the molecule is CCn1cc(C(=O)N2CC[C@H](c3cc(N(C)C)cc(C)n3)C2)c(C)n1. The molecule has 1 aliphatic heterocycles. The van der Waals surface area contributed by atoms with E-state index in [4.69, 9.17) is 4.98 Å². The molecule has 2 aromatic rings. The molecule has 0 aliphatic carbocycles. The molecule has 0 bridgehead atoms. The zero-order chi connectivity index (χ0) is 18.1. The standard InChI is InChI=1S/C19H27N5O/c1-6-24-12-17(14(3)21-24)19(25)23-8-7-15(11-23)18-10-16(22(4)5)9-13(2)20-18/h9-10,12,15H,6-8,11H2,1-5H3/t15-/m0/s1. The normalized spacial score (nSPS) is 17.2. The van der Waals surface area contributed by atoms with Crippen LogP contribution in [-0.2, 0) is 6.54 Å². The van der Waals surface area contributed by atoms with E-state index in [0.29, 0.717) is 11.5 Å². The average molecular weight is 341 g/mol. The third-order valence-corrected chi connectivity index (χ3v) is 4.87. The van der Waals surface area contributed by atoms with E-state index in [1.54, 1.807) is 0 Å². The zero-order valence-corrected chi connectivity index (χ0v) is 15.8. The van der Waals surface area contributed by atoms with Crippen LogP contribution in [0.25, 0.3) is 0 Å². The molecule has 3 heterocycles. The van der Waals surface area contributed by atoms with Crippen LogP contribution in [0, 0.1) is 13.8 Å². The van der Waals surface area contributed by atoms with Crippen molar-refractivity contribution >= 4 is 11.6 Å². The Kier molecular flexibility index (Phi) is 4.79. The first-order valence-corrected chi connectivity index (χ1v) is 8.88. The molecular weight excluding hydrogens is 314 g/mol. The lowest BCUT2D eigenvalue weighted by Gasteiger charge is -2.18. The maximum Gasteiger partial charge on any atom is 0.257 e. The molecule has 0 unspecified atom stereocenters. The minimum absolute atomic E-state index is 0.0835. The number of hydrogen-bond donors (Lipinski definition) is 0. The van der Waals surface area contributed by atoms with Crippen LogP contribution in [0.1, 0.15) is 46.7 Å². The fourth-order valence-corrected chi connectivity index (χ4v) is 3.39. The summed E-state index contributed by atoms with van der Waals surface area (Å²) in [7, 11) is 4.08. The number of rotatable bonds is 4. The van der Waals surface area contributed by atoms with Crippen LogP contribution in [0.2, 0.25) is 0 Å². The molecule has 3 rings (SSSR count). The van der Waals surface area contributed by atoms with Crippen molar-refractivity contribution in [2.75, 3.05) is 32.1 Å². The molecule has 0 spiro atoms. The highest BCUT2D eigenvalue weighted by Crippen LogP contribution is 2.29. The number of carbonyl (C=O) groups is 1. The van der Waals surface area contributed by atoms with Gasteiger partial charge in [-0.25, -0.2) is 0 Å². The summed E-state index contributed by atoms with van der Waals surface area (Å²) < 4.78 is 1.82. The Hall–Kier alpha value is -2.37. The minimum Gasteiger partial charge on any atom is -0.378 e. The van der Waals surface area contributed by atoms with Gasteiger partial charge in [0.05, 0.1) is 11.3 Å². The first kappa shape index (κ1) is 17.5. The monoisotopic (exact) mass is 341 g/mol. The highest BCUT2D eigenvalue weighted by Gasteiger charge is 2.30. The highest BCUT2D eigenvalue weighted by atomic mass is 16.2. The van der Waals surface area contributed by atoms with E-state index in [1.807, 2.05) is 50.6 Å². The lowest BCUT2D eigenvalue weighted by Crippen LogP contribution is -2.28. The Morgan fingerprint density at radius 2 is 2.08 bits per heavy atom. The predicted octanol–water partition coefficient (Wildman–Crippen LogP) is 2.61. The van der Waals surface area contributed by atoms with Gasteiger partial charge in [0.1, 0.15) is 0 Å². The van der Waals surface area contributed by atoms with Crippen LogP contribution in [0.3, 0.4) is 0 Å². The van der Waals surface area contributed by atoms with Gasteiger partial charge in [-0.3, -0.25) is 14.5 Å². The Labute approximate surface area is 149 Å². The molecule has 25 heavy (non-hydrogen) atoms. The Morgan fingerprint density at radius 3 is 2.72 bits per heavy atom. The molecule has 134 valence electrons. The van der Waals surface area contributed by atoms with Crippen molar-refractivity contribution in [3.63, 3.8) is 0 Å². The van der Waals surface area contributed by atoms with Crippen molar-refractivity contribution < 1.29 is 4.79 Å². The summed E-state index contributed by atoms with van der Waals surface area (Å²) in [4.78, 5) is 21.6. The first-order valence-electron chi connectivity index (χ1n) is 8.88. The number of amides is 1. The molecule has 0 N–H and O–H groups in total. The van der Waals surface area contributed by atoms with Crippen LogP contribution in [-0.4, -0.2) is 52.8 Å². The zero-order valence-electron chi connectivity index (χ0n) is 15.8. The summed E-state index contributed by atoms with van der Waals surface area (Å²) in [6.07, 6.45) is 2.82. The van der Waals surface area contributed by atoms with Crippen molar-refractivity contribution in [1.29, 1.82) is 0 Å². The molecule has 1 atom stereocenters. The third kappa shape index (κ3) is 3.52. The van der Waals surface area contributed by atoms with Gasteiger partial charge in [-0.2, -0.15) is 5.10 Å². The smallest absolute Gasteiger partial charge is 0.257 e. The minimum atomic E-state index is 0.0835. The number of aromatic nitrogens is 3. The van der Waals surface area contributed by atoms with Gasteiger partial charge >= 0.3 is 0 Å². The molecule has 2 aromatic heterocycles. The van der Waals surface area contributed by atoms with E-state index in [-0.39, 0.29) is 5.91 Å². The Balaban J connectivity index is 1.77. The van der Waals surface area contributed by atoms with E-state index >= 15 is 0 Å². The van der Waals surface area contributed by atoms with Crippen LogP contribution in [0.5, 0.6) is 0 Å². The number of anilines is 1. The summed E-state index contributed by atoms with van der Waals surface area (Å²) in [5.41, 5.74) is 4.78. The molecule has 0 aromatic carbocycles. The molecule has 6 nitrogen and oxygen atoms in total. The van der Waals surface area contributed by atoms with Gasteiger partial charge < -0.3 is 9.80 Å². The molecule has 1 amide bonds. The number of nitrogens with zero attached hydrogens (tertiary/aromatic N) is 5. The summed E-state index contributed by atoms with van der Waals surface area (Å²) in [6, 6.07) is 4.23. The van der Waals surface area contributed by atoms with E-state index in [9.17, 15) is 4.79 Å². The fourth-order valence-electron chi connectivity index (χ4n) is 3.39. The molecular formula is C19H27N5O. The predicted molar refractivity (Wildman–Crippen MR) is 99.2 cm³/mol. The molecule has 0 saturated carbocycles. The van der Waals surface area contributed by atoms with E-state index in [2.05, 4.69) is 22.1 Å². The molecule has 0 radical (unpaired) electrons. The van der Waals surface area contributed by atoms with Gasteiger partial charge in [0.2, 0.25) is 0 Å². The van der Waals surface area contributed by atoms with Crippen molar-refractivity contribution in [2.45, 2.75) is 39.7 Å². The summed E-state index contributed by atoms with van der Waals surface area (Å²) >= 11 is 0. The first-order chi connectivity index (χ1) is 11.9. The summed E-state index contributed by atoms with van der Waals surface area (Å²) in [5.74, 6) is 0.379. The number of hydrogen-bond acceptors (Lipinski definition) is 4. The van der Waals surface area contributed by atoms with Crippen LogP contribution >= 0.6 is 0 Å². The van der Waals surface area contributed by atoms with Gasteiger partial charge in [-0.05, 0) is 39.3 Å². The van der Waals surface area contributed by atoms with Crippen LogP contribution in [0.4, 0.5) is 5.69 Å². The fraction of sp³-hybridized carbons (Fsp3) is 0.526. The topological polar surface area (TPSA) is 54.3 Å². The van der Waals surface area contributed by atoms with Gasteiger partial charge in [0, 0.05) is 62.9 Å². The largest absolute Gasteiger partial charge is 0.378 e. The number of carbonyl (C=O) groups excluding carboxylic acids is 1. The van der Waals surface area contributed by atoms with Gasteiger partial charge in [-0.1, -0.05) is 0 Å². The summed E-state index contributed by atoms with van der Waals surface area (Å²) in [5, 5.41) is 4.39. The maximum atomic E-state index is 12.9. The third-order valence-electron chi connectivity index (χ3n) is 4.87. The average Bonchev–Trinajstić information content (AvgIpc) is 3.20.